The third-order valence-corrected chi connectivity index (χ3v) is 2.98. The Hall–Kier alpha value is -2.18. The lowest BCUT2D eigenvalue weighted by atomic mass is 9.96. The number of nitrogen functional groups attached to an aromatic ring is 1. The number of amides is 2. The lowest BCUT2D eigenvalue weighted by Gasteiger charge is -2.23. The number of anilines is 2. The first-order chi connectivity index (χ1) is 9.25. The largest absolute Gasteiger partial charge is 0.384 e. The van der Waals surface area contributed by atoms with E-state index in [0.29, 0.717) is 30.3 Å². The second kappa shape index (κ2) is 5.07. The van der Waals surface area contributed by atoms with Gasteiger partial charge in [-0.15, -0.1) is 0 Å². The summed E-state index contributed by atoms with van der Waals surface area (Å²) in [6.45, 7) is 5.95. The Morgan fingerprint density at radius 1 is 1.35 bits per heavy atom. The molecule has 1 aliphatic rings. The van der Waals surface area contributed by atoms with Crippen LogP contribution < -0.4 is 16.4 Å². The molecule has 0 aromatic carbocycles. The maximum Gasteiger partial charge on any atom is 0.249 e. The van der Waals surface area contributed by atoms with Crippen LogP contribution in [0.3, 0.4) is 0 Å². The van der Waals surface area contributed by atoms with Crippen LogP contribution in [0.15, 0.2) is 6.07 Å². The molecule has 1 saturated heterocycles. The fourth-order valence-electron chi connectivity index (χ4n) is 1.89. The maximum absolute atomic E-state index is 11.7. The van der Waals surface area contributed by atoms with Crippen LogP contribution in [0.25, 0.3) is 0 Å². The fourth-order valence-corrected chi connectivity index (χ4v) is 1.89. The van der Waals surface area contributed by atoms with Gasteiger partial charge in [0.1, 0.15) is 23.5 Å². The Morgan fingerprint density at radius 3 is 2.65 bits per heavy atom. The van der Waals surface area contributed by atoms with Gasteiger partial charge in [0.15, 0.2) is 0 Å². The highest BCUT2D eigenvalue weighted by atomic mass is 16.2. The van der Waals surface area contributed by atoms with Crippen LogP contribution in [-0.2, 0) is 15.0 Å². The summed E-state index contributed by atoms with van der Waals surface area (Å²) in [5, 5.41) is 5.30. The SMILES string of the molecule is CC(C)(C)c1nc(N)cc(NC2CCC(=O)NC2=O)n1. The molecular weight excluding hydrogens is 258 g/mol. The predicted octanol–water partition coefficient (Wildman–Crippen LogP) is 0.573. The predicted molar refractivity (Wildman–Crippen MR) is 74.9 cm³/mol. The Labute approximate surface area is 117 Å². The highest BCUT2D eigenvalue weighted by molar-refractivity contribution is 6.01. The molecule has 4 N–H and O–H groups in total. The van der Waals surface area contributed by atoms with Gasteiger partial charge in [-0.05, 0) is 6.42 Å². The Bertz CT molecular complexity index is 550. The molecule has 2 heterocycles. The minimum Gasteiger partial charge on any atom is -0.384 e. The van der Waals surface area contributed by atoms with Crippen molar-refractivity contribution in [1.29, 1.82) is 0 Å². The number of rotatable bonds is 2. The number of aromatic nitrogens is 2. The molecular formula is C13H19N5O2. The van der Waals surface area contributed by atoms with Crippen LogP contribution in [-0.4, -0.2) is 27.8 Å². The smallest absolute Gasteiger partial charge is 0.249 e. The average molecular weight is 277 g/mol. The van der Waals surface area contributed by atoms with E-state index in [2.05, 4.69) is 20.6 Å². The molecule has 1 aromatic rings. The first-order valence-corrected chi connectivity index (χ1v) is 6.51. The van der Waals surface area contributed by atoms with E-state index in [9.17, 15) is 9.59 Å². The van der Waals surface area contributed by atoms with Crippen molar-refractivity contribution in [2.24, 2.45) is 0 Å². The number of nitrogens with one attached hydrogen (secondary N) is 2. The maximum atomic E-state index is 11.7. The summed E-state index contributed by atoms with van der Waals surface area (Å²) in [7, 11) is 0. The van der Waals surface area contributed by atoms with E-state index >= 15 is 0 Å². The topological polar surface area (TPSA) is 110 Å². The van der Waals surface area contributed by atoms with Gasteiger partial charge in [-0.2, -0.15) is 0 Å². The van der Waals surface area contributed by atoms with Gasteiger partial charge >= 0.3 is 0 Å². The molecule has 108 valence electrons. The zero-order valence-corrected chi connectivity index (χ0v) is 11.9. The number of carbonyl (C=O) groups excluding carboxylic acids is 2. The van der Waals surface area contributed by atoms with Gasteiger partial charge in [-0.25, -0.2) is 9.97 Å². The second-order valence-electron chi connectivity index (χ2n) is 5.90. The summed E-state index contributed by atoms with van der Waals surface area (Å²) in [5.41, 5.74) is 5.53. The number of hydrogen-bond acceptors (Lipinski definition) is 6. The van der Waals surface area contributed by atoms with E-state index < -0.39 is 6.04 Å². The summed E-state index contributed by atoms with van der Waals surface area (Å²) in [5.74, 6) is 0.866. The van der Waals surface area contributed by atoms with Crippen molar-refractivity contribution in [3.05, 3.63) is 11.9 Å². The quantitative estimate of drug-likeness (QED) is 0.682. The van der Waals surface area contributed by atoms with Crippen LogP contribution in [0, 0.1) is 0 Å². The Kier molecular flexibility index (Phi) is 3.61. The van der Waals surface area contributed by atoms with Crippen molar-refractivity contribution >= 4 is 23.5 Å². The van der Waals surface area contributed by atoms with E-state index in [1.807, 2.05) is 20.8 Å². The normalized spacial score (nSPS) is 19.6. The van der Waals surface area contributed by atoms with Gasteiger partial charge in [0.2, 0.25) is 11.8 Å². The van der Waals surface area contributed by atoms with Gasteiger partial charge in [0.05, 0.1) is 0 Å². The molecule has 1 atom stereocenters. The molecule has 2 amide bonds. The van der Waals surface area contributed by atoms with Crippen molar-refractivity contribution in [2.75, 3.05) is 11.1 Å². The van der Waals surface area contributed by atoms with Crippen molar-refractivity contribution < 1.29 is 9.59 Å². The van der Waals surface area contributed by atoms with Crippen molar-refractivity contribution in [3.63, 3.8) is 0 Å². The second-order valence-corrected chi connectivity index (χ2v) is 5.90. The number of carbonyl (C=O) groups is 2. The molecule has 1 fully saturated rings. The molecule has 1 unspecified atom stereocenters. The van der Waals surface area contributed by atoms with E-state index in [-0.39, 0.29) is 17.2 Å². The van der Waals surface area contributed by atoms with Crippen molar-refractivity contribution in [1.82, 2.24) is 15.3 Å². The summed E-state index contributed by atoms with van der Waals surface area (Å²) >= 11 is 0. The zero-order valence-electron chi connectivity index (χ0n) is 11.9. The van der Waals surface area contributed by atoms with E-state index in [0.717, 1.165) is 0 Å². The summed E-state index contributed by atoms with van der Waals surface area (Å²) in [6.07, 6.45) is 0.759. The third-order valence-electron chi connectivity index (χ3n) is 2.98. The average Bonchev–Trinajstić information content (AvgIpc) is 2.31. The Morgan fingerprint density at radius 2 is 2.05 bits per heavy atom. The fraction of sp³-hybridized carbons (Fsp3) is 0.538. The molecule has 0 spiro atoms. The highest BCUT2D eigenvalue weighted by Crippen LogP contribution is 2.22. The first-order valence-electron chi connectivity index (χ1n) is 6.51. The minimum absolute atomic E-state index is 0.239. The lowest BCUT2D eigenvalue weighted by molar-refractivity contribution is -0.133. The van der Waals surface area contributed by atoms with E-state index in [4.69, 9.17) is 5.73 Å². The van der Waals surface area contributed by atoms with Crippen LogP contribution in [0.1, 0.15) is 39.4 Å². The number of piperidine rings is 1. The number of hydrogen-bond donors (Lipinski definition) is 3. The monoisotopic (exact) mass is 277 g/mol. The van der Waals surface area contributed by atoms with Crippen molar-refractivity contribution in [2.45, 2.75) is 45.1 Å². The van der Waals surface area contributed by atoms with Gasteiger partial charge in [-0.3, -0.25) is 14.9 Å². The molecule has 7 nitrogen and oxygen atoms in total. The van der Waals surface area contributed by atoms with Gasteiger partial charge in [0, 0.05) is 17.9 Å². The van der Waals surface area contributed by atoms with Crippen LogP contribution in [0.5, 0.6) is 0 Å². The number of nitrogens with two attached hydrogens (primary N) is 1. The third kappa shape index (κ3) is 3.23. The molecule has 0 bridgehead atoms. The molecule has 2 rings (SSSR count). The molecule has 0 aliphatic carbocycles. The standard InChI is InChI=1S/C13H19N5O2/c1-13(2,3)12-16-8(14)6-9(17-12)15-7-4-5-10(19)18-11(7)20/h6-7H,4-5H2,1-3H3,(H,18,19,20)(H3,14,15,16,17). The van der Waals surface area contributed by atoms with Crippen molar-refractivity contribution in [3.8, 4) is 0 Å². The minimum atomic E-state index is -0.477. The van der Waals surface area contributed by atoms with Crippen LogP contribution >= 0.6 is 0 Å². The molecule has 1 aromatic heterocycles. The lowest BCUT2D eigenvalue weighted by Crippen LogP contribution is -2.47. The molecule has 0 saturated carbocycles. The summed E-state index contributed by atoms with van der Waals surface area (Å²) in [4.78, 5) is 31.4. The van der Waals surface area contributed by atoms with Gasteiger partial charge in [-0.1, -0.05) is 20.8 Å². The van der Waals surface area contributed by atoms with Gasteiger partial charge in [0.25, 0.3) is 0 Å². The van der Waals surface area contributed by atoms with Gasteiger partial charge < -0.3 is 11.1 Å². The van der Waals surface area contributed by atoms with Crippen LogP contribution in [0.2, 0.25) is 0 Å². The number of nitrogens with zero attached hydrogens (tertiary/aromatic N) is 2. The molecule has 0 radical (unpaired) electrons. The van der Waals surface area contributed by atoms with Crippen LogP contribution in [0.4, 0.5) is 11.6 Å². The Balaban J connectivity index is 2.19. The summed E-state index contributed by atoms with van der Waals surface area (Å²) < 4.78 is 0. The first kappa shape index (κ1) is 14.2. The molecule has 20 heavy (non-hydrogen) atoms. The molecule has 1 aliphatic heterocycles. The van der Waals surface area contributed by atoms with E-state index in [1.165, 1.54) is 0 Å². The highest BCUT2D eigenvalue weighted by Gasteiger charge is 2.27. The number of imide groups is 1. The zero-order chi connectivity index (χ0) is 14.9. The molecule has 7 heteroatoms. The van der Waals surface area contributed by atoms with E-state index in [1.54, 1.807) is 6.07 Å². The summed E-state index contributed by atoms with van der Waals surface area (Å²) in [6, 6.07) is 1.11.